The molecule has 1 heterocycles. The van der Waals surface area contributed by atoms with Crippen molar-refractivity contribution in [3.05, 3.63) is 0 Å². The molecule has 0 aliphatic carbocycles. The Morgan fingerprint density at radius 2 is 2.27 bits per heavy atom. The SMILES string of the molecule is CSCC(C)C(=O)N1CCC(C(=O)O)C1. The summed E-state index contributed by atoms with van der Waals surface area (Å²) in [7, 11) is 0. The number of rotatable bonds is 4. The minimum absolute atomic E-state index is 0.00690. The molecular formula is C10H17NO3S. The molecule has 1 N–H and O–H groups in total. The summed E-state index contributed by atoms with van der Waals surface area (Å²) in [6.07, 6.45) is 2.56. The van der Waals surface area contributed by atoms with Crippen molar-refractivity contribution in [1.82, 2.24) is 4.90 Å². The minimum Gasteiger partial charge on any atom is -0.481 e. The number of likely N-dealkylation sites (tertiary alicyclic amines) is 1. The van der Waals surface area contributed by atoms with Crippen molar-refractivity contribution in [2.75, 3.05) is 25.1 Å². The number of hydrogen-bond acceptors (Lipinski definition) is 3. The van der Waals surface area contributed by atoms with Crippen LogP contribution in [0.25, 0.3) is 0 Å². The summed E-state index contributed by atoms with van der Waals surface area (Å²) >= 11 is 1.64. The van der Waals surface area contributed by atoms with Gasteiger partial charge in [0.2, 0.25) is 5.91 Å². The smallest absolute Gasteiger partial charge is 0.308 e. The molecule has 0 saturated carbocycles. The fraction of sp³-hybridized carbons (Fsp3) is 0.800. The van der Waals surface area contributed by atoms with Crippen molar-refractivity contribution >= 4 is 23.6 Å². The van der Waals surface area contributed by atoms with Gasteiger partial charge < -0.3 is 10.0 Å². The summed E-state index contributed by atoms with van der Waals surface area (Å²) in [5, 5.41) is 8.81. The number of nitrogens with zero attached hydrogens (tertiary/aromatic N) is 1. The largest absolute Gasteiger partial charge is 0.481 e. The average Bonchev–Trinajstić information content (AvgIpc) is 2.65. The van der Waals surface area contributed by atoms with Crippen LogP contribution >= 0.6 is 11.8 Å². The van der Waals surface area contributed by atoms with E-state index in [9.17, 15) is 9.59 Å². The lowest BCUT2D eigenvalue weighted by Gasteiger charge is -2.19. The maximum absolute atomic E-state index is 11.8. The molecule has 0 bridgehead atoms. The Morgan fingerprint density at radius 1 is 1.60 bits per heavy atom. The number of carbonyl (C=O) groups is 2. The lowest BCUT2D eigenvalue weighted by atomic mass is 10.1. The van der Waals surface area contributed by atoms with Gasteiger partial charge >= 0.3 is 5.97 Å². The van der Waals surface area contributed by atoms with Crippen molar-refractivity contribution < 1.29 is 14.7 Å². The first-order valence-electron chi connectivity index (χ1n) is 5.06. The Labute approximate surface area is 94.0 Å². The maximum atomic E-state index is 11.8. The molecule has 0 aromatic heterocycles. The van der Waals surface area contributed by atoms with E-state index in [1.54, 1.807) is 16.7 Å². The molecule has 4 nitrogen and oxygen atoms in total. The van der Waals surface area contributed by atoms with Gasteiger partial charge in [-0.1, -0.05) is 6.92 Å². The van der Waals surface area contributed by atoms with E-state index in [0.717, 1.165) is 5.75 Å². The fourth-order valence-corrected chi connectivity index (χ4v) is 2.44. The van der Waals surface area contributed by atoms with Crippen molar-refractivity contribution in [3.63, 3.8) is 0 Å². The van der Waals surface area contributed by atoms with Gasteiger partial charge in [0.1, 0.15) is 0 Å². The molecule has 1 saturated heterocycles. The highest BCUT2D eigenvalue weighted by molar-refractivity contribution is 7.98. The van der Waals surface area contributed by atoms with E-state index in [2.05, 4.69) is 0 Å². The van der Waals surface area contributed by atoms with E-state index >= 15 is 0 Å². The van der Waals surface area contributed by atoms with Crippen molar-refractivity contribution in [3.8, 4) is 0 Å². The standard InChI is InChI=1S/C10H17NO3S/c1-7(6-15-2)9(12)11-4-3-8(5-11)10(13)14/h7-8H,3-6H2,1-2H3,(H,13,14). The molecule has 2 unspecified atom stereocenters. The highest BCUT2D eigenvalue weighted by Crippen LogP contribution is 2.19. The van der Waals surface area contributed by atoms with Crippen LogP contribution in [0.3, 0.4) is 0 Å². The normalized spacial score (nSPS) is 22.8. The lowest BCUT2D eigenvalue weighted by Crippen LogP contribution is -2.34. The predicted molar refractivity (Wildman–Crippen MR) is 59.9 cm³/mol. The van der Waals surface area contributed by atoms with Gasteiger partial charge in [0.25, 0.3) is 0 Å². The first-order chi connectivity index (χ1) is 7.06. The van der Waals surface area contributed by atoms with E-state index in [1.165, 1.54) is 0 Å². The van der Waals surface area contributed by atoms with Gasteiger partial charge in [0.15, 0.2) is 0 Å². The van der Waals surface area contributed by atoms with Gasteiger partial charge in [0.05, 0.1) is 5.92 Å². The fourth-order valence-electron chi connectivity index (χ4n) is 1.79. The number of hydrogen-bond donors (Lipinski definition) is 1. The van der Waals surface area contributed by atoms with Crippen molar-refractivity contribution in [2.24, 2.45) is 11.8 Å². The Kier molecular flexibility index (Phi) is 4.45. The molecule has 1 rings (SSSR count). The molecule has 1 amide bonds. The number of thioether (sulfide) groups is 1. The Bertz CT molecular complexity index is 257. The van der Waals surface area contributed by atoms with Gasteiger partial charge in [0, 0.05) is 24.8 Å². The Hall–Kier alpha value is -0.710. The second-order valence-corrected chi connectivity index (χ2v) is 4.88. The summed E-state index contributed by atoms with van der Waals surface area (Å²) in [5.74, 6) is -0.272. The molecule has 0 spiro atoms. The molecule has 5 heteroatoms. The summed E-state index contributed by atoms with van der Waals surface area (Å²) in [6.45, 7) is 2.87. The van der Waals surface area contributed by atoms with Gasteiger partial charge in [-0.05, 0) is 12.7 Å². The van der Waals surface area contributed by atoms with Gasteiger partial charge in [-0.15, -0.1) is 0 Å². The topological polar surface area (TPSA) is 57.6 Å². The van der Waals surface area contributed by atoms with Crippen molar-refractivity contribution in [2.45, 2.75) is 13.3 Å². The Morgan fingerprint density at radius 3 is 2.73 bits per heavy atom. The van der Waals surface area contributed by atoms with E-state index in [1.807, 2.05) is 13.2 Å². The van der Waals surface area contributed by atoms with Gasteiger partial charge in [-0.2, -0.15) is 11.8 Å². The molecule has 0 aromatic carbocycles. The second-order valence-electron chi connectivity index (χ2n) is 3.96. The highest BCUT2D eigenvalue weighted by Gasteiger charge is 2.32. The zero-order valence-electron chi connectivity index (χ0n) is 9.10. The number of carbonyl (C=O) groups excluding carboxylic acids is 1. The van der Waals surface area contributed by atoms with Crippen LogP contribution in [0.4, 0.5) is 0 Å². The predicted octanol–water partition coefficient (Wildman–Crippen LogP) is 0.919. The third-order valence-corrected chi connectivity index (χ3v) is 3.52. The summed E-state index contributed by atoms with van der Waals surface area (Å²) in [6, 6.07) is 0. The third-order valence-electron chi connectivity index (χ3n) is 2.69. The zero-order chi connectivity index (χ0) is 11.4. The molecule has 15 heavy (non-hydrogen) atoms. The lowest BCUT2D eigenvalue weighted by molar-refractivity contribution is -0.141. The zero-order valence-corrected chi connectivity index (χ0v) is 9.92. The highest BCUT2D eigenvalue weighted by atomic mass is 32.2. The maximum Gasteiger partial charge on any atom is 0.308 e. The molecule has 1 aliphatic heterocycles. The van der Waals surface area contributed by atoms with E-state index < -0.39 is 5.97 Å². The minimum atomic E-state index is -0.789. The van der Waals surface area contributed by atoms with Crippen LogP contribution in [0, 0.1) is 11.8 Å². The second kappa shape index (κ2) is 5.39. The molecule has 1 aliphatic rings. The van der Waals surface area contributed by atoms with Crippen LogP contribution in [0.1, 0.15) is 13.3 Å². The van der Waals surface area contributed by atoms with Gasteiger partial charge in [-0.25, -0.2) is 0 Å². The Balaban J connectivity index is 2.46. The van der Waals surface area contributed by atoms with Gasteiger partial charge in [-0.3, -0.25) is 9.59 Å². The summed E-state index contributed by atoms with van der Waals surface area (Å²) in [5.41, 5.74) is 0. The average molecular weight is 231 g/mol. The molecule has 0 radical (unpaired) electrons. The molecule has 1 fully saturated rings. The molecule has 86 valence electrons. The summed E-state index contributed by atoms with van der Waals surface area (Å²) in [4.78, 5) is 24.2. The van der Waals surface area contributed by atoms with E-state index in [0.29, 0.717) is 19.5 Å². The number of amides is 1. The van der Waals surface area contributed by atoms with Crippen LogP contribution in [0.15, 0.2) is 0 Å². The monoisotopic (exact) mass is 231 g/mol. The molecule has 2 atom stereocenters. The quantitative estimate of drug-likeness (QED) is 0.781. The first kappa shape index (κ1) is 12.4. The van der Waals surface area contributed by atoms with Crippen molar-refractivity contribution in [1.29, 1.82) is 0 Å². The third kappa shape index (κ3) is 3.12. The van der Waals surface area contributed by atoms with Crippen LogP contribution in [0.2, 0.25) is 0 Å². The van der Waals surface area contributed by atoms with Crippen LogP contribution in [-0.2, 0) is 9.59 Å². The summed E-state index contributed by atoms with van der Waals surface area (Å²) < 4.78 is 0. The number of aliphatic carboxylic acids is 1. The van der Waals surface area contributed by atoms with E-state index in [-0.39, 0.29) is 17.7 Å². The number of carboxylic acids is 1. The van der Waals surface area contributed by atoms with Crippen LogP contribution < -0.4 is 0 Å². The first-order valence-corrected chi connectivity index (χ1v) is 6.46. The van der Waals surface area contributed by atoms with E-state index in [4.69, 9.17) is 5.11 Å². The molecular weight excluding hydrogens is 214 g/mol. The number of carboxylic acid groups (broad SMARTS) is 1. The molecule has 0 aromatic rings. The van der Waals surface area contributed by atoms with Crippen LogP contribution in [-0.4, -0.2) is 47.0 Å². The van der Waals surface area contributed by atoms with Crippen LogP contribution in [0.5, 0.6) is 0 Å².